The highest BCUT2D eigenvalue weighted by Gasteiger charge is 2.18. The maximum atomic E-state index is 6.11. The number of rotatable bonds is 3. The van der Waals surface area contributed by atoms with E-state index in [-0.39, 0.29) is 0 Å². The third kappa shape index (κ3) is 3.19. The maximum absolute atomic E-state index is 6.11. The Kier molecular flexibility index (Phi) is 3.84. The number of ether oxygens (including phenoxy) is 1. The molecule has 21 heavy (non-hydrogen) atoms. The van der Waals surface area contributed by atoms with Crippen LogP contribution < -0.4 is 10.5 Å². The summed E-state index contributed by atoms with van der Waals surface area (Å²) in [6.45, 7) is 2.20. The average Bonchev–Trinajstić information content (AvgIpc) is 2.82. The van der Waals surface area contributed by atoms with Crippen LogP contribution in [0.4, 0.5) is 5.82 Å². The van der Waals surface area contributed by atoms with Crippen molar-refractivity contribution in [2.24, 2.45) is 7.05 Å². The van der Waals surface area contributed by atoms with Gasteiger partial charge in [0, 0.05) is 31.8 Å². The first-order chi connectivity index (χ1) is 10.1. The van der Waals surface area contributed by atoms with Gasteiger partial charge in [-0.1, -0.05) is 12.1 Å². The number of nitrogens with zero attached hydrogens (tertiary/aromatic N) is 3. The molecule has 1 aliphatic rings. The van der Waals surface area contributed by atoms with E-state index >= 15 is 0 Å². The molecule has 3 rings (SSSR count). The average molecular weight is 286 g/mol. The van der Waals surface area contributed by atoms with Crippen LogP contribution in [0.2, 0.25) is 0 Å². The number of hydrogen-bond donors (Lipinski definition) is 1. The van der Waals surface area contributed by atoms with Gasteiger partial charge < -0.3 is 15.4 Å². The molecule has 5 heteroatoms. The monoisotopic (exact) mass is 286 g/mol. The Labute approximate surface area is 125 Å². The number of nitrogens with two attached hydrogens (primary N) is 1. The molecule has 2 aromatic rings. The molecule has 0 radical (unpaired) electrons. The van der Waals surface area contributed by atoms with Gasteiger partial charge in [-0.15, -0.1) is 0 Å². The number of anilines is 1. The molecular weight excluding hydrogens is 264 g/mol. The van der Waals surface area contributed by atoms with E-state index in [1.807, 2.05) is 37.4 Å². The Morgan fingerprint density at radius 3 is 2.62 bits per heavy atom. The highest BCUT2D eigenvalue weighted by atomic mass is 16.5. The molecule has 1 aromatic heterocycles. The summed E-state index contributed by atoms with van der Waals surface area (Å²) in [6.07, 6.45) is 2.47. The highest BCUT2D eigenvalue weighted by Crippen LogP contribution is 2.26. The largest absolute Gasteiger partial charge is 0.490 e. The Balaban J connectivity index is 1.74. The number of hydrogen-bond acceptors (Lipinski definition) is 4. The zero-order chi connectivity index (χ0) is 14.8. The van der Waals surface area contributed by atoms with Crippen molar-refractivity contribution in [1.82, 2.24) is 14.7 Å². The first kappa shape index (κ1) is 13.9. The van der Waals surface area contributed by atoms with Crippen LogP contribution >= 0.6 is 0 Å². The molecule has 0 unspecified atom stereocenters. The van der Waals surface area contributed by atoms with E-state index in [2.05, 4.69) is 17.0 Å². The molecule has 112 valence electrons. The molecule has 2 N–H and O–H groups in total. The molecule has 0 bridgehead atoms. The van der Waals surface area contributed by atoms with E-state index in [4.69, 9.17) is 10.5 Å². The van der Waals surface area contributed by atoms with E-state index in [0.717, 1.165) is 42.9 Å². The molecule has 0 atom stereocenters. The van der Waals surface area contributed by atoms with Crippen molar-refractivity contribution < 1.29 is 4.74 Å². The summed E-state index contributed by atoms with van der Waals surface area (Å²) in [5, 5.41) is 4.41. The van der Waals surface area contributed by atoms with Crippen molar-refractivity contribution in [1.29, 1.82) is 0 Å². The molecule has 5 nitrogen and oxygen atoms in total. The number of piperidine rings is 1. The minimum Gasteiger partial charge on any atom is -0.490 e. The van der Waals surface area contributed by atoms with Gasteiger partial charge in [0.2, 0.25) is 0 Å². The molecule has 0 amide bonds. The van der Waals surface area contributed by atoms with Crippen molar-refractivity contribution >= 4 is 5.82 Å². The summed E-state index contributed by atoms with van der Waals surface area (Å²) >= 11 is 0. The van der Waals surface area contributed by atoms with Gasteiger partial charge in [0.05, 0.1) is 5.69 Å². The fourth-order valence-corrected chi connectivity index (χ4v) is 2.65. The predicted octanol–water partition coefficient (Wildman–Crippen LogP) is 2.14. The Morgan fingerprint density at radius 2 is 1.95 bits per heavy atom. The highest BCUT2D eigenvalue weighted by molar-refractivity contribution is 5.63. The van der Waals surface area contributed by atoms with Crippen molar-refractivity contribution in [3.63, 3.8) is 0 Å². The molecule has 2 heterocycles. The van der Waals surface area contributed by atoms with Crippen molar-refractivity contribution in [2.75, 3.05) is 25.9 Å². The molecule has 0 saturated carbocycles. The fraction of sp³-hybridized carbons (Fsp3) is 0.438. The summed E-state index contributed by atoms with van der Waals surface area (Å²) in [5.41, 5.74) is 7.76. The second-order valence-electron chi connectivity index (χ2n) is 5.73. The Hall–Kier alpha value is -2.01. The second-order valence-corrected chi connectivity index (χ2v) is 5.73. The van der Waals surface area contributed by atoms with Gasteiger partial charge >= 0.3 is 0 Å². The minimum absolute atomic E-state index is 0.310. The van der Waals surface area contributed by atoms with E-state index in [1.54, 1.807) is 4.68 Å². The number of nitrogen functional groups attached to an aromatic ring is 1. The lowest BCUT2D eigenvalue weighted by molar-refractivity contribution is 0.114. The predicted molar refractivity (Wildman–Crippen MR) is 84.2 cm³/mol. The van der Waals surface area contributed by atoms with Crippen LogP contribution in [0.5, 0.6) is 5.75 Å². The smallest absolute Gasteiger partial charge is 0.121 e. The summed E-state index contributed by atoms with van der Waals surface area (Å²) in [5.74, 6) is 1.57. The van der Waals surface area contributed by atoms with E-state index in [0.29, 0.717) is 11.9 Å². The van der Waals surface area contributed by atoms with Crippen molar-refractivity contribution in [3.8, 4) is 17.0 Å². The zero-order valence-electron chi connectivity index (χ0n) is 12.6. The standard InChI is InChI=1S/C16H22N4O/c1-19-8-6-13(7-9-19)21-14-5-3-4-12(10-14)15-11-16(17)20(2)18-15/h3-5,10-11,13H,6-9,17H2,1-2H3. The topological polar surface area (TPSA) is 56.3 Å². The maximum Gasteiger partial charge on any atom is 0.121 e. The quantitative estimate of drug-likeness (QED) is 0.939. The summed E-state index contributed by atoms with van der Waals surface area (Å²) in [4.78, 5) is 2.34. The van der Waals surface area contributed by atoms with Gasteiger partial charge in [0.15, 0.2) is 0 Å². The lowest BCUT2D eigenvalue weighted by Gasteiger charge is -2.29. The number of benzene rings is 1. The van der Waals surface area contributed by atoms with Gasteiger partial charge in [0.25, 0.3) is 0 Å². The zero-order valence-corrected chi connectivity index (χ0v) is 12.6. The SMILES string of the molecule is CN1CCC(Oc2cccc(-c3cc(N)n(C)n3)c2)CC1. The van der Waals surface area contributed by atoms with Crippen LogP contribution in [0.1, 0.15) is 12.8 Å². The van der Waals surface area contributed by atoms with Crippen LogP contribution in [0, 0.1) is 0 Å². The lowest BCUT2D eigenvalue weighted by Crippen LogP contribution is -2.35. The molecule has 1 aliphatic heterocycles. The summed E-state index contributed by atoms with van der Waals surface area (Å²) in [6, 6.07) is 9.97. The molecule has 1 aromatic carbocycles. The van der Waals surface area contributed by atoms with Gasteiger partial charge in [0.1, 0.15) is 17.7 Å². The normalized spacial score (nSPS) is 17.0. The molecule has 1 saturated heterocycles. The molecular formula is C16H22N4O. The van der Waals surface area contributed by atoms with E-state index < -0.39 is 0 Å². The van der Waals surface area contributed by atoms with Gasteiger partial charge in [-0.05, 0) is 32.0 Å². The van der Waals surface area contributed by atoms with Crippen molar-refractivity contribution in [2.45, 2.75) is 18.9 Å². The van der Waals surface area contributed by atoms with Crippen LogP contribution in [0.25, 0.3) is 11.3 Å². The van der Waals surface area contributed by atoms with Crippen LogP contribution in [0.15, 0.2) is 30.3 Å². The first-order valence-electron chi connectivity index (χ1n) is 7.37. The van der Waals surface area contributed by atoms with Gasteiger partial charge in [-0.25, -0.2) is 0 Å². The lowest BCUT2D eigenvalue weighted by atomic mass is 10.1. The Bertz CT molecular complexity index is 595. The molecule has 0 spiro atoms. The van der Waals surface area contributed by atoms with Crippen molar-refractivity contribution in [3.05, 3.63) is 30.3 Å². The third-order valence-corrected chi connectivity index (χ3v) is 4.01. The fourth-order valence-electron chi connectivity index (χ4n) is 2.65. The first-order valence-corrected chi connectivity index (χ1v) is 7.37. The van der Waals surface area contributed by atoms with E-state index in [1.165, 1.54) is 0 Å². The van der Waals surface area contributed by atoms with Gasteiger partial charge in [-0.2, -0.15) is 5.10 Å². The van der Waals surface area contributed by atoms with Crippen LogP contribution in [-0.2, 0) is 7.05 Å². The van der Waals surface area contributed by atoms with Crippen LogP contribution in [0.3, 0.4) is 0 Å². The Morgan fingerprint density at radius 1 is 1.19 bits per heavy atom. The summed E-state index contributed by atoms with van der Waals surface area (Å²) < 4.78 is 7.79. The second kappa shape index (κ2) is 5.77. The van der Waals surface area contributed by atoms with E-state index in [9.17, 15) is 0 Å². The number of aryl methyl sites for hydroxylation is 1. The number of likely N-dealkylation sites (tertiary alicyclic amines) is 1. The van der Waals surface area contributed by atoms with Gasteiger partial charge in [-0.3, -0.25) is 4.68 Å². The summed E-state index contributed by atoms with van der Waals surface area (Å²) in [7, 11) is 4.00. The third-order valence-electron chi connectivity index (χ3n) is 4.01. The number of aromatic nitrogens is 2. The molecule has 0 aliphatic carbocycles. The minimum atomic E-state index is 0.310. The van der Waals surface area contributed by atoms with Crippen LogP contribution in [-0.4, -0.2) is 40.9 Å². The molecule has 1 fully saturated rings.